The van der Waals surface area contributed by atoms with Gasteiger partial charge in [-0.05, 0) is 19.9 Å². The Morgan fingerprint density at radius 1 is 1.24 bits per heavy atom. The number of thiophene rings is 1. The van der Waals surface area contributed by atoms with Gasteiger partial charge in [-0.15, -0.1) is 11.3 Å². The molecule has 10 heteroatoms. The van der Waals surface area contributed by atoms with Crippen LogP contribution in [-0.2, 0) is 4.79 Å². The number of nitrogens with zero attached hydrogens (tertiary/aromatic N) is 3. The van der Waals surface area contributed by atoms with Crippen LogP contribution < -0.4 is 15.5 Å². The van der Waals surface area contributed by atoms with E-state index < -0.39 is 6.43 Å². The number of hydrogen-bond acceptors (Lipinski definition) is 6. The minimum absolute atomic E-state index is 0.0264. The molecule has 2 amide bonds. The Balaban J connectivity index is 1.80. The van der Waals surface area contributed by atoms with Gasteiger partial charge in [0.15, 0.2) is 0 Å². The first-order valence-electron chi connectivity index (χ1n) is 9.49. The van der Waals surface area contributed by atoms with Crippen molar-refractivity contribution >= 4 is 39.2 Å². The van der Waals surface area contributed by atoms with Gasteiger partial charge in [-0.25, -0.2) is 13.8 Å². The smallest absolute Gasteiger partial charge is 0.265 e. The Bertz CT molecular complexity index is 894. The summed E-state index contributed by atoms with van der Waals surface area (Å²) in [5.74, 6) is 0.0613. The van der Waals surface area contributed by atoms with Crippen LogP contribution in [0.5, 0.6) is 0 Å². The zero-order chi connectivity index (χ0) is 21.1. The van der Waals surface area contributed by atoms with E-state index in [1.807, 2.05) is 23.6 Å². The summed E-state index contributed by atoms with van der Waals surface area (Å²) in [6.45, 7) is 6.52. The molecule has 0 spiro atoms. The number of rotatable bonds is 6. The number of anilines is 1. The third-order valence-electron chi connectivity index (χ3n) is 4.76. The van der Waals surface area contributed by atoms with E-state index in [2.05, 4.69) is 15.6 Å². The van der Waals surface area contributed by atoms with E-state index in [1.165, 1.54) is 13.1 Å². The van der Waals surface area contributed by atoms with Crippen molar-refractivity contribution in [1.82, 2.24) is 20.5 Å². The van der Waals surface area contributed by atoms with Gasteiger partial charge in [0.1, 0.15) is 5.82 Å². The predicted molar refractivity (Wildman–Crippen MR) is 110 cm³/mol. The normalized spacial score (nSPS) is 15.3. The van der Waals surface area contributed by atoms with E-state index in [0.29, 0.717) is 54.3 Å². The van der Waals surface area contributed by atoms with Crippen molar-refractivity contribution < 1.29 is 18.4 Å². The fourth-order valence-electron chi connectivity index (χ4n) is 3.34. The maximum atomic E-state index is 13.7. The topological polar surface area (TPSA) is 77.6 Å². The standard InChI is InChI=1S/C19H25F2N5O2S/c1-11(2)23-15(27)9-25-4-6-26(7-5-25)14-8-12(18(20)21)17-16(24-14)13(10-29-17)19(28)22-3/h8,10-11,18H,4-7,9H2,1-3H3,(H,22,28)(H,23,27). The molecule has 0 unspecified atom stereocenters. The number of fused-ring (bicyclic) bond motifs is 1. The average Bonchev–Trinajstić information content (AvgIpc) is 3.10. The molecule has 0 saturated carbocycles. The molecule has 0 aliphatic carbocycles. The number of nitrogens with one attached hydrogen (secondary N) is 2. The molecule has 158 valence electrons. The second kappa shape index (κ2) is 9.00. The summed E-state index contributed by atoms with van der Waals surface area (Å²) in [7, 11) is 1.50. The number of aromatic nitrogens is 1. The monoisotopic (exact) mass is 425 g/mol. The molecule has 0 aromatic carbocycles. The van der Waals surface area contributed by atoms with Gasteiger partial charge < -0.3 is 15.5 Å². The van der Waals surface area contributed by atoms with E-state index >= 15 is 0 Å². The third kappa shape index (κ3) is 4.81. The highest BCUT2D eigenvalue weighted by atomic mass is 32.1. The van der Waals surface area contributed by atoms with Crippen LogP contribution in [0.15, 0.2) is 11.4 Å². The lowest BCUT2D eigenvalue weighted by atomic mass is 10.1. The first kappa shape index (κ1) is 21.4. The minimum atomic E-state index is -2.66. The maximum Gasteiger partial charge on any atom is 0.265 e. The van der Waals surface area contributed by atoms with E-state index in [0.717, 1.165) is 11.3 Å². The molecule has 2 aromatic rings. The van der Waals surface area contributed by atoms with Crippen LogP contribution >= 0.6 is 11.3 Å². The summed E-state index contributed by atoms with van der Waals surface area (Å²) < 4.78 is 27.6. The molecule has 7 nitrogen and oxygen atoms in total. The molecular formula is C19H25F2N5O2S. The summed E-state index contributed by atoms with van der Waals surface area (Å²) in [6.07, 6.45) is -2.66. The number of amides is 2. The lowest BCUT2D eigenvalue weighted by Crippen LogP contribution is -2.50. The zero-order valence-corrected chi connectivity index (χ0v) is 17.5. The van der Waals surface area contributed by atoms with E-state index in [-0.39, 0.29) is 23.4 Å². The van der Waals surface area contributed by atoms with E-state index in [1.54, 1.807) is 5.38 Å². The molecule has 2 N–H and O–H groups in total. The summed E-state index contributed by atoms with van der Waals surface area (Å²) >= 11 is 1.11. The van der Waals surface area contributed by atoms with Gasteiger partial charge in [0.25, 0.3) is 12.3 Å². The van der Waals surface area contributed by atoms with Crippen LogP contribution in [0.3, 0.4) is 0 Å². The Hall–Kier alpha value is -2.33. The molecule has 1 fully saturated rings. The summed E-state index contributed by atoms with van der Waals surface area (Å²) in [5, 5.41) is 6.96. The number of carbonyl (C=O) groups excluding carboxylic acids is 2. The number of alkyl halides is 2. The first-order chi connectivity index (χ1) is 13.8. The molecule has 3 heterocycles. The van der Waals surface area contributed by atoms with Gasteiger partial charge in [-0.3, -0.25) is 14.5 Å². The van der Waals surface area contributed by atoms with Crippen molar-refractivity contribution in [2.75, 3.05) is 44.7 Å². The molecule has 1 aliphatic heterocycles. The zero-order valence-electron chi connectivity index (χ0n) is 16.7. The van der Waals surface area contributed by atoms with Crippen molar-refractivity contribution in [3.8, 4) is 0 Å². The van der Waals surface area contributed by atoms with Crippen LogP contribution in [0.25, 0.3) is 10.2 Å². The fraction of sp³-hybridized carbons (Fsp3) is 0.526. The molecule has 0 bridgehead atoms. The van der Waals surface area contributed by atoms with Gasteiger partial charge in [-0.1, -0.05) is 0 Å². The van der Waals surface area contributed by atoms with Crippen LogP contribution in [0.1, 0.15) is 36.2 Å². The van der Waals surface area contributed by atoms with Crippen LogP contribution in [-0.4, -0.2) is 67.5 Å². The van der Waals surface area contributed by atoms with Gasteiger partial charge in [-0.2, -0.15) is 0 Å². The van der Waals surface area contributed by atoms with Gasteiger partial charge in [0.2, 0.25) is 5.91 Å². The SMILES string of the molecule is CNC(=O)c1csc2c(C(F)F)cc(N3CCN(CC(=O)NC(C)C)CC3)nc12. The predicted octanol–water partition coefficient (Wildman–Crippen LogP) is 2.24. The quantitative estimate of drug-likeness (QED) is 0.742. The van der Waals surface area contributed by atoms with E-state index in [4.69, 9.17) is 0 Å². The van der Waals surface area contributed by atoms with Crippen molar-refractivity contribution in [2.24, 2.45) is 0 Å². The van der Waals surface area contributed by atoms with Crippen molar-refractivity contribution in [3.63, 3.8) is 0 Å². The molecule has 1 aliphatic rings. The summed E-state index contributed by atoms with van der Waals surface area (Å²) in [5.41, 5.74) is 0.505. The largest absolute Gasteiger partial charge is 0.355 e. The van der Waals surface area contributed by atoms with Gasteiger partial charge >= 0.3 is 0 Å². The van der Waals surface area contributed by atoms with Crippen molar-refractivity contribution in [1.29, 1.82) is 0 Å². The van der Waals surface area contributed by atoms with Crippen molar-refractivity contribution in [3.05, 3.63) is 22.6 Å². The molecule has 2 aromatic heterocycles. The lowest BCUT2D eigenvalue weighted by molar-refractivity contribution is -0.122. The second-order valence-electron chi connectivity index (χ2n) is 7.26. The second-order valence-corrected chi connectivity index (χ2v) is 8.14. The number of halogens is 2. The van der Waals surface area contributed by atoms with Crippen LogP contribution in [0, 0.1) is 0 Å². The third-order valence-corrected chi connectivity index (χ3v) is 5.78. The highest BCUT2D eigenvalue weighted by molar-refractivity contribution is 7.17. The Labute approximate surface area is 172 Å². The maximum absolute atomic E-state index is 13.7. The molecule has 29 heavy (non-hydrogen) atoms. The first-order valence-corrected chi connectivity index (χ1v) is 10.4. The number of hydrogen-bond donors (Lipinski definition) is 2. The van der Waals surface area contributed by atoms with Gasteiger partial charge in [0.05, 0.1) is 22.3 Å². The highest BCUT2D eigenvalue weighted by Gasteiger charge is 2.25. The summed E-state index contributed by atoms with van der Waals surface area (Å²) in [4.78, 5) is 32.5. The minimum Gasteiger partial charge on any atom is -0.355 e. The number of carbonyl (C=O) groups is 2. The molecular weight excluding hydrogens is 400 g/mol. The lowest BCUT2D eigenvalue weighted by Gasteiger charge is -2.35. The summed E-state index contributed by atoms with van der Waals surface area (Å²) in [6, 6.07) is 1.51. The van der Waals surface area contributed by atoms with Crippen LogP contribution in [0.4, 0.5) is 14.6 Å². The average molecular weight is 426 g/mol. The van der Waals surface area contributed by atoms with Gasteiger partial charge in [0, 0.05) is 50.2 Å². The van der Waals surface area contributed by atoms with Crippen LogP contribution in [0.2, 0.25) is 0 Å². The Morgan fingerprint density at radius 3 is 2.52 bits per heavy atom. The fourth-order valence-corrected chi connectivity index (χ4v) is 4.35. The molecule has 0 atom stereocenters. The number of pyridine rings is 1. The number of piperazine rings is 1. The van der Waals surface area contributed by atoms with Crippen molar-refractivity contribution in [2.45, 2.75) is 26.3 Å². The molecule has 3 rings (SSSR count). The van der Waals surface area contributed by atoms with E-state index in [9.17, 15) is 18.4 Å². The Kier molecular flexibility index (Phi) is 6.63. The molecule has 1 saturated heterocycles. The Morgan fingerprint density at radius 2 is 1.93 bits per heavy atom. The molecule has 0 radical (unpaired) electrons. The highest BCUT2D eigenvalue weighted by Crippen LogP contribution is 2.36.